The van der Waals surface area contributed by atoms with Crippen molar-refractivity contribution in [1.29, 1.82) is 0 Å². The maximum atomic E-state index is 9.45. The van der Waals surface area contributed by atoms with Gasteiger partial charge in [0.25, 0.3) is 0 Å². The second kappa shape index (κ2) is 30.6. The highest BCUT2D eigenvalue weighted by Crippen LogP contribution is 2.15. The van der Waals surface area contributed by atoms with Crippen molar-refractivity contribution in [2.75, 3.05) is 20.1 Å². The molecule has 218 valence electrons. The van der Waals surface area contributed by atoms with Gasteiger partial charge in [0.1, 0.15) is 6.10 Å². The average Bonchev–Trinajstić information content (AvgIpc) is 2.85. The Kier molecular flexibility index (Phi) is 31.8. The molecule has 0 heterocycles. The van der Waals surface area contributed by atoms with Gasteiger partial charge in [-0.25, -0.2) is 4.79 Å². The van der Waals surface area contributed by atoms with Gasteiger partial charge in [-0.15, -0.1) is 0 Å². The van der Waals surface area contributed by atoms with Gasteiger partial charge in [-0.1, -0.05) is 136 Å². The van der Waals surface area contributed by atoms with Crippen molar-refractivity contribution in [3.8, 4) is 0 Å². The normalized spacial score (nSPS) is 12.9. The number of aliphatic hydroxyl groups is 1. The number of nitrogens with one attached hydrogen (secondary N) is 1. The third-order valence-electron chi connectivity index (χ3n) is 6.96. The molecule has 5 heteroatoms. The largest absolute Gasteiger partial charge is 0.479 e. The molecule has 0 radical (unpaired) electrons. The summed E-state index contributed by atoms with van der Waals surface area (Å²) in [5.41, 5.74) is 0. The molecule has 2 atom stereocenters. The third-order valence-corrected chi connectivity index (χ3v) is 6.96. The number of hydrogen-bond acceptors (Lipinski definition) is 4. The first kappa shape index (κ1) is 37.5. The van der Waals surface area contributed by atoms with Crippen LogP contribution in [0.3, 0.4) is 0 Å². The van der Waals surface area contributed by atoms with Crippen LogP contribution in [-0.4, -0.2) is 53.5 Å². The fourth-order valence-electron chi connectivity index (χ4n) is 4.52. The molecule has 0 aliphatic heterocycles. The van der Waals surface area contributed by atoms with Gasteiger partial charge in [-0.3, -0.25) is 4.90 Å². The molecule has 0 saturated carbocycles. The maximum absolute atomic E-state index is 9.45. The van der Waals surface area contributed by atoms with E-state index in [2.05, 4.69) is 38.0 Å². The van der Waals surface area contributed by atoms with E-state index in [9.17, 15) is 4.79 Å². The molecule has 0 aromatic rings. The van der Waals surface area contributed by atoms with Gasteiger partial charge in [-0.05, 0) is 46.3 Å². The molecule has 0 bridgehead atoms. The molecule has 0 saturated heterocycles. The predicted octanol–water partition coefficient (Wildman–Crippen LogP) is 8.54. The number of nitrogens with zero attached hydrogens (tertiary/aromatic N) is 1. The minimum absolute atomic E-state index is 0.591. The Balaban J connectivity index is 0. The third kappa shape index (κ3) is 29.6. The minimum atomic E-state index is -1.23. The highest BCUT2D eigenvalue weighted by Gasteiger charge is 2.12. The van der Waals surface area contributed by atoms with E-state index < -0.39 is 12.1 Å². The summed E-state index contributed by atoms with van der Waals surface area (Å²) in [5, 5.41) is 19.6. The molecule has 0 aliphatic carbocycles. The number of carboxylic acid groups (broad SMARTS) is 1. The Morgan fingerprint density at radius 3 is 1.39 bits per heavy atom. The monoisotopic (exact) mass is 515 g/mol. The van der Waals surface area contributed by atoms with Crippen LogP contribution in [0.25, 0.3) is 0 Å². The molecule has 0 aliphatic rings. The molecule has 0 spiro atoms. The number of aliphatic hydroxyl groups excluding tert-OH is 1. The van der Waals surface area contributed by atoms with E-state index in [1.807, 2.05) is 0 Å². The second-order valence-electron chi connectivity index (χ2n) is 10.8. The molecule has 0 amide bonds. The van der Waals surface area contributed by atoms with Gasteiger partial charge < -0.3 is 15.5 Å². The Hall–Kier alpha value is -0.650. The van der Waals surface area contributed by atoms with Crippen molar-refractivity contribution < 1.29 is 15.0 Å². The molecule has 0 aromatic carbocycles. The quantitative estimate of drug-likeness (QED) is 0.0796. The number of aliphatic carboxylic acids is 1. The van der Waals surface area contributed by atoms with E-state index in [0.717, 1.165) is 0 Å². The van der Waals surface area contributed by atoms with Crippen LogP contribution in [0.2, 0.25) is 0 Å². The van der Waals surface area contributed by atoms with Crippen molar-refractivity contribution in [3.63, 3.8) is 0 Å². The van der Waals surface area contributed by atoms with Crippen LogP contribution >= 0.6 is 0 Å². The van der Waals surface area contributed by atoms with E-state index >= 15 is 0 Å². The average molecular weight is 515 g/mol. The second-order valence-corrected chi connectivity index (χ2v) is 10.8. The summed E-state index contributed by atoms with van der Waals surface area (Å²) in [6.07, 6.45) is 29.2. The summed E-state index contributed by atoms with van der Waals surface area (Å²) in [5.74, 6) is -1.19. The molecular formula is C31H66N2O3. The van der Waals surface area contributed by atoms with Crippen LogP contribution in [0.5, 0.6) is 0 Å². The van der Waals surface area contributed by atoms with Gasteiger partial charge >= 0.3 is 5.97 Å². The van der Waals surface area contributed by atoms with E-state index in [0.29, 0.717) is 6.17 Å². The van der Waals surface area contributed by atoms with Gasteiger partial charge in [0.05, 0.1) is 6.17 Å². The molecule has 3 N–H and O–H groups in total. The first-order valence-electron chi connectivity index (χ1n) is 15.7. The van der Waals surface area contributed by atoms with Gasteiger partial charge in [0.2, 0.25) is 0 Å². The summed E-state index contributed by atoms with van der Waals surface area (Å²) in [6, 6.07) is 0. The molecule has 36 heavy (non-hydrogen) atoms. The van der Waals surface area contributed by atoms with E-state index in [1.165, 1.54) is 155 Å². The van der Waals surface area contributed by atoms with Crippen LogP contribution < -0.4 is 5.32 Å². The maximum Gasteiger partial charge on any atom is 0.332 e. The van der Waals surface area contributed by atoms with Crippen LogP contribution in [0.4, 0.5) is 0 Å². The lowest BCUT2D eigenvalue weighted by molar-refractivity contribution is -0.145. The minimum Gasteiger partial charge on any atom is -0.479 e. The van der Waals surface area contributed by atoms with Crippen LogP contribution in [0.1, 0.15) is 163 Å². The fourth-order valence-corrected chi connectivity index (χ4v) is 4.52. The number of carboxylic acids is 1. The van der Waals surface area contributed by atoms with Crippen LogP contribution in [-0.2, 0) is 4.79 Å². The topological polar surface area (TPSA) is 72.8 Å². The molecule has 5 nitrogen and oxygen atoms in total. The van der Waals surface area contributed by atoms with Gasteiger partial charge in [0.15, 0.2) is 0 Å². The molecule has 0 rings (SSSR count). The number of rotatable bonds is 26. The number of hydrogen-bond donors (Lipinski definition) is 3. The summed E-state index contributed by atoms with van der Waals surface area (Å²) in [4.78, 5) is 12.0. The smallest absolute Gasteiger partial charge is 0.332 e. The highest BCUT2D eigenvalue weighted by atomic mass is 16.4. The molecule has 2 unspecified atom stereocenters. The Morgan fingerprint density at radius 1 is 0.667 bits per heavy atom. The van der Waals surface area contributed by atoms with Crippen molar-refractivity contribution in [2.24, 2.45) is 0 Å². The first-order valence-corrected chi connectivity index (χ1v) is 15.7. The Bertz CT molecular complexity index is 432. The van der Waals surface area contributed by atoms with Crippen molar-refractivity contribution in [3.05, 3.63) is 0 Å². The zero-order chi connectivity index (χ0) is 27.3. The lowest BCUT2D eigenvalue weighted by atomic mass is 10.0. The number of carbonyl (C=O) groups is 1. The zero-order valence-corrected chi connectivity index (χ0v) is 25.2. The summed E-state index contributed by atoms with van der Waals surface area (Å²) in [7, 11) is 2.30. The first-order chi connectivity index (χ1) is 17.4. The number of unbranched alkanes of at least 4 members (excludes halogenated alkanes) is 17. The SMILES string of the molecule is CC(O)C(=O)O.CCCCCCCCCCCCCCCCCCC(NCCCCC)N(C)CCC. The summed E-state index contributed by atoms with van der Waals surface area (Å²) < 4.78 is 0. The Morgan fingerprint density at radius 2 is 1.03 bits per heavy atom. The fraction of sp³-hybridized carbons (Fsp3) is 0.968. The molecule has 0 aromatic heterocycles. The zero-order valence-electron chi connectivity index (χ0n) is 25.2. The Labute approximate surface area is 226 Å². The molecule has 0 fully saturated rings. The lowest BCUT2D eigenvalue weighted by Gasteiger charge is -2.29. The summed E-state index contributed by atoms with van der Waals surface area (Å²) >= 11 is 0. The van der Waals surface area contributed by atoms with Crippen LogP contribution in [0, 0.1) is 0 Å². The van der Waals surface area contributed by atoms with Gasteiger partial charge in [-0.2, -0.15) is 0 Å². The highest BCUT2D eigenvalue weighted by molar-refractivity contribution is 5.71. The molecular weight excluding hydrogens is 448 g/mol. The predicted molar refractivity (Wildman–Crippen MR) is 158 cm³/mol. The van der Waals surface area contributed by atoms with Gasteiger partial charge in [0, 0.05) is 0 Å². The van der Waals surface area contributed by atoms with Crippen LogP contribution in [0.15, 0.2) is 0 Å². The van der Waals surface area contributed by atoms with E-state index in [-0.39, 0.29) is 0 Å². The standard InChI is InChI=1S/C28H60N2.C3H6O3/c1-5-8-10-11-12-13-14-15-16-17-18-19-20-21-22-23-25-28(30(4)27-7-3)29-26-24-9-6-2;1-2(4)3(5)6/h28-29H,5-27H2,1-4H3;2,4H,1H3,(H,5,6). The van der Waals surface area contributed by atoms with Crippen molar-refractivity contribution in [1.82, 2.24) is 10.2 Å². The van der Waals surface area contributed by atoms with Crippen molar-refractivity contribution >= 4 is 5.97 Å². The van der Waals surface area contributed by atoms with E-state index in [1.54, 1.807) is 0 Å². The van der Waals surface area contributed by atoms with Crippen molar-refractivity contribution in [2.45, 2.75) is 175 Å². The lowest BCUT2D eigenvalue weighted by Crippen LogP contribution is -2.44. The summed E-state index contributed by atoms with van der Waals surface area (Å²) in [6.45, 7) is 10.5. The van der Waals surface area contributed by atoms with E-state index in [4.69, 9.17) is 10.2 Å².